The highest BCUT2D eigenvalue weighted by atomic mass is 16.5. The normalized spacial score (nSPS) is 9.89. The van der Waals surface area contributed by atoms with Gasteiger partial charge in [-0.3, -0.25) is 4.79 Å². The van der Waals surface area contributed by atoms with Crippen molar-refractivity contribution < 1.29 is 24.2 Å². The van der Waals surface area contributed by atoms with Gasteiger partial charge in [0, 0.05) is 12.8 Å². The number of carbonyl (C=O) groups excluding carboxylic acids is 1. The fourth-order valence-electron chi connectivity index (χ4n) is 1.33. The number of aryl methyl sites for hydroxylation is 1. The summed E-state index contributed by atoms with van der Waals surface area (Å²) < 4.78 is 9.72. The van der Waals surface area contributed by atoms with E-state index in [9.17, 15) is 9.59 Å². The number of nitrogens with one attached hydrogen (secondary N) is 1. The Balaban J connectivity index is 2.67. The number of carboxylic acid groups (broad SMARTS) is 1. The molecule has 0 unspecified atom stereocenters. The van der Waals surface area contributed by atoms with Crippen molar-refractivity contribution in [3.63, 3.8) is 0 Å². The molecule has 0 aliphatic heterocycles. The fourth-order valence-corrected chi connectivity index (χ4v) is 1.33. The second kappa shape index (κ2) is 6.61. The summed E-state index contributed by atoms with van der Waals surface area (Å²) in [7, 11) is 1.44. The van der Waals surface area contributed by atoms with Gasteiger partial charge in [-0.2, -0.15) is 0 Å². The zero-order valence-corrected chi connectivity index (χ0v) is 10.2. The van der Waals surface area contributed by atoms with Crippen LogP contribution in [-0.4, -0.2) is 37.3 Å². The van der Waals surface area contributed by atoms with E-state index >= 15 is 0 Å². The topological polar surface area (TPSA) is 84.9 Å². The summed E-state index contributed by atoms with van der Waals surface area (Å²) in [6.07, 6.45) is 0. The molecular weight excluding hydrogens is 238 g/mol. The molecule has 0 fully saturated rings. The van der Waals surface area contributed by atoms with E-state index in [1.165, 1.54) is 7.11 Å². The van der Waals surface area contributed by atoms with E-state index in [0.717, 1.165) is 5.56 Å². The molecule has 6 heteroatoms. The van der Waals surface area contributed by atoms with Crippen LogP contribution < -0.4 is 10.1 Å². The minimum absolute atomic E-state index is 0.0172. The van der Waals surface area contributed by atoms with Gasteiger partial charge in [0.05, 0.1) is 0 Å². The van der Waals surface area contributed by atoms with Crippen LogP contribution in [0, 0.1) is 6.92 Å². The zero-order chi connectivity index (χ0) is 13.5. The number of hydrogen-bond donors (Lipinski definition) is 2. The van der Waals surface area contributed by atoms with Crippen molar-refractivity contribution in [3.8, 4) is 5.75 Å². The van der Waals surface area contributed by atoms with Crippen LogP contribution in [0.3, 0.4) is 0 Å². The Bertz CT molecular complexity index is 444. The van der Waals surface area contributed by atoms with E-state index in [1.54, 1.807) is 25.1 Å². The summed E-state index contributed by atoms with van der Waals surface area (Å²) >= 11 is 0. The van der Waals surface area contributed by atoms with Crippen LogP contribution in [0.1, 0.15) is 5.56 Å². The van der Waals surface area contributed by atoms with E-state index in [1.807, 2.05) is 0 Å². The highest BCUT2D eigenvalue weighted by Crippen LogP contribution is 2.21. The first kappa shape index (κ1) is 14.0. The molecule has 0 saturated carbocycles. The molecule has 0 aliphatic carbocycles. The molecule has 0 radical (unpaired) electrons. The SMILES string of the molecule is COCC(=O)Nc1ccc(OCC(=O)O)cc1C. The van der Waals surface area contributed by atoms with Gasteiger partial charge in [0.25, 0.3) is 0 Å². The lowest BCUT2D eigenvalue weighted by Crippen LogP contribution is -2.17. The van der Waals surface area contributed by atoms with Gasteiger partial charge in [-0.05, 0) is 30.7 Å². The molecule has 6 nitrogen and oxygen atoms in total. The molecule has 18 heavy (non-hydrogen) atoms. The molecule has 0 heterocycles. The summed E-state index contributed by atoms with van der Waals surface area (Å²) in [5.74, 6) is -0.843. The van der Waals surface area contributed by atoms with Crippen LogP contribution in [0.15, 0.2) is 18.2 Å². The third-order valence-corrected chi connectivity index (χ3v) is 2.11. The van der Waals surface area contributed by atoms with E-state index in [2.05, 4.69) is 5.32 Å². The number of rotatable bonds is 6. The molecule has 2 N–H and O–H groups in total. The van der Waals surface area contributed by atoms with Crippen molar-refractivity contribution in [2.45, 2.75) is 6.92 Å². The number of aliphatic carboxylic acids is 1. The van der Waals surface area contributed by atoms with Crippen molar-refractivity contribution in [2.24, 2.45) is 0 Å². The first-order chi connectivity index (χ1) is 8.52. The lowest BCUT2D eigenvalue weighted by atomic mass is 10.2. The third kappa shape index (κ3) is 4.42. The van der Waals surface area contributed by atoms with Crippen molar-refractivity contribution in [1.29, 1.82) is 0 Å². The summed E-state index contributed by atoms with van der Waals surface area (Å²) in [4.78, 5) is 21.7. The number of hydrogen-bond acceptors (Lipinski definition) is 4. The van der Waals surface area contributed by atoms with Gasteiger partial charge in [0.15, 0.2) is 6.61 Å². The highest BCUT2D eigenvalue weighted by Gasteiger charge is 2.06. The van der Waals surface area contributed by atoms with Crippen LogP contribution in [0.4, 0.5) is 5.69 Å². The minimum atomic E-state index is -1.04. The predicted octanol–water partition coefficient (Wildman–Crippen LogP) is 1.04. The Morgan fingerprint density at radius 3 is 2.61 bits per heavy atom. The molecule has 0 spiro atoms. The second-order valence-corrected chi connectivity index (χ2v) is 3.64. The Hall–Kier alpha value is -2.08. The summed E-state index contributed by atoms with van der Waals surface area (Å²) in [5.41, 5.74) is 1.42. The smallest absolute Gasteiger partial charge is 0.341 e. The summed E-state index contributed by atoms with van der Waals surface area (Å²) in [5, 5.41) is 11.1. The first-order valence-corrected chi connectivity index (χ1v) is 5.27. The highest BCUT2D eigenvalue weighted by molar-refractivity contribution is 5.92. The number of methoxy groups -OCH3 is 1. The monoisotopic (exact) mass is 253 g/mol. The van der Waals surface area contributed by atoms with Gasteiger partial charge in [-0.15, -0.1) is 0 Å². The van der Waals surface area contributed by atoms with Gasteiger partial charge < -0.3 is 19.9 Å². The van der Waals surface area contributed by atoms with Gasteiger partial charge in [-0.1, -0.05) is 0 Å². The largest absolute Gasteiger partial charge is 0.482 e. The number of benzene rings is 1. The van der Waals surface area contributed by atoms with Crippen molar-refractivity contribution in [2.75, 3.05) is 25.6 Å². The fraction of sp³-hybridized carbons (Fsp3) is 0.333. The zero-order valence-electron chi connectivity index (χ0n) is 10.2. The molecule has 1 aromatic rings. The number of carboxylic acids is 1. The first-order valence-electron chi connectivity index (χ1n) is 5.27. The van der Waals surface area contributed by atoms with Crippen LogP contribution in [0.25, 0.3) is 0 Å². The molecule has 0 aliphatic rings. The van der Waals surface area contributed by atoms with Crippen LogP contribution in [-0.2, 0) is 14.3 Å². The molecular formula is C12H15NO5. The summed E-state index contributed by atoms with van der Waals surface area (Å²) in [6.45, 7) is 1.38. The third-order valence-electron chi connectivity index (χ3n) is 2.11. The maximum atomic E-state index is 11.3. The van der Waals surface area contributed by atoms with Gasteiger partial charge in [-0.25, -0.2) is 4.79 Å². The van der Waals surface area contributed by atoms with Gasteiger partial charge >= 0.3 is 5.97 Å². The molecule has 0 bridgehead atoms. The Morgan fingerprint density at radius 1 is 1.33 bits per heavy atom. The number of ether oxygens (including phenoxy) is 2. The van der Waals surface area contributed by atoms with Crippen molar-refractivity contribution in [1.82, 2.24) is 0 Å². The maximum Gasteiger partial charge on any atom is 0.341 e. The molecule has 0 saturated heterocycles. The predicted molar refractivity (Wildman–Crippen MR) is 64.8 cm³/mol. The Morgan fingerprint density at radius 2 is 2.06 bits per heavy atom. The number of amides is 1. The molecule has 1 amide bonds. The molecule has 0 aromatic heterocycles. The second-order valence-electron chi connectivity index (χ2n) is 3.64. The van der Waals surface area contributed by atoms with Gasteiger partial charge in [0.2, 0.25) is 5.91 Å². The lowest BCUT2D eigenvalue weighted by molar-refractivity contribution is -0.139. The van der Waals surface area contributed by atoms with Crippen LogP contribution in [0.5, 0.6) is 5.75 Å². The van der Waals surface area contributed by atoms with Crippen LogP contribution >= 0.6 is 0 Å². The number of anilines is 1. The Kier molecular flexibility index (Phi) is 5.13. The Labute approximate surface area is 105 Å². The number of carbonyl (C=O) groups is 2. The average molecular weight is 253 g/mol. The minimum Gasteiger partial charge on any atom is -0.482 e. The molecule has 1 aromatic carbocycles. The van der Waals surface area contributed by atoms with Crippen LogP contribution in [0.2, 0.25) is 0 Å². The van der Waals surface area contributed by atoms with Crippen molar-refractivity contribution in [3.05, 3.63) is 23.8 Å². The van der Waals surface area contributed by atoms with E-state index in [4.69, 9.17) is 14.6 Å². The quantitative estimate of drug-likeness (QED) is 0.791. The standard InChI is InChI=1S/C12H15NO5/c1-8-5-9(18-7-12(15)16)3-4-10(8)13-11(14)6-17-2/h3-5H,6-7H2,1-2H3,(H,13,14)(H,15,16). The average Bonchev–Trinajstić information content (AvgIpc) is 2.30. The molecule has 98 valence electrons. The maximum absolute atomic E-state index is 11.3. The van der Waals surface area contributed by atoms with E-state index in [-0.39, 0.29) is 12.5 Å². The van der Waals surface area contributed by atoms with Gasteiger partial charge in [0.1, 0.15) is 12.4 Å². The van der Waals surface area contributed by atoms with E-state index < -0.39 is 12.6 Å². The lowest BCUT2D eigenvalue weighted by Gasteiger charge is -2.10. The molecule has 1 rings (SSSR count). The van der Waals surface area contributed by atoms with Crippen molar-refractivity contribution >= 4 is 17.6 Å². The van der Waals surface area contributed by atoms with E-state index in [0.29, 0.717) is 11.4 Å². The summed E-state index contributed by atoms with van der Waals surface area (Å²) in [6, 6.07) is 4.91. The molecule has 0 atom stereocenters.